The lowest BCUT2D eigenvalue weighted by Crippen LogP contribution is -2.58. The normalized spacial score (nSPS) is 35.0. The Morgan fingerprint density at radius 1 is 0.844 bits per heavy atom. The number of hydrogen-bond acceptors (Lipinski definition) is 4. The van der Waals surface area contributed by atoms with Crippen molar-refractivity contribution in [3.05, 3.63) is 40.4 Å². The van der Waals surface area contributed by atoms with Crippen LogP contribution in [0.2, 0.25) is 0 Å². The Morgan fingerprint density at radius 3 is 2.19 bits per heavy atom. The van der Waals surface area contributed by atoms with Crippen LogP contribution in [-0.2, 0) is 0 Å². The van der Waals surface area contributed by atoms with Crippen molar-refractivity contribution in [3.63, 3.8) is 0 Å². The maximum atomic E-state index is 13.5. The molecule has 2 aromatic rings. The molecule has 3 heterocycles. The van der Waals surface area contributed by atoms with Crippen molar-refractivity contribution >= 4 is 16.7 Å². The quantitative estimate of drug-likeness (QED) is 0.630. The van der Waals surface area contributed by atoms with Gasteiger partial charge in [0.15, 0.2) is 11.6 Å². The van der Waals surface area contributed by atoms with E-state index in [9.17, 15) is 9.59 Å². The van der Waals surface area contributed by atoms with Crippen LogP contribution in [0.3, 0.4) is 0 Å². The number of para-hydroxylation sites is 1. The first kappa shape index (κ1) is 20.6. The van der Waals surface area contributed by atoms with Crippen molar-refractivity contribution in [1.29, 1.82) is 0 Å². The number of rotatable bonds is 3. The van der Waals surface area contributed by atoms with Gasteiger partial charge in [-0.3, -0.25) is 19.1 Å². The maximum absolute atomic E-state index is 13.5. The fraction of sp³-hybridized carbons (Fsp3) is 0.667. The van der Waals surface area contributed by atoms with Crippen LogP contribution in [-0.4, -0.2) is 38.4 Å². The monoisotopic (exact) mass is 433 g/mol. The molecule has 0 spiro atoms. The number of hydrogen-bond donors (Lipinski definition) is 0. The number of nitrogens with zero attached hydrogens (tertiary/aromatic N) is 3. The number of benzene rings is 1. The molecular formula is C27H35N3O2. The third-order valence-electron chi connectivity index (χ3n) is 9.02. The lowest BCUT2D eigenvalue weighted by molar-refractivity contribution is -0.0493. The predicted molar refractivity (Wildman–Crippen MR) is 126 cm³/mol. The van der Waals surface area contributed by atoms with Gasteiger partial charge in [0.05, 0.1) is 10.9 Å². The van der Waals surface area contributed by atoms with Crippen LogP contribution in [0.25, 0.3) is 10.9 Å². The zero-order chi connectivity index (χ0) is 21.8. The van der Waals surface area contributed by atoms with Crippen LogP contribution in [0, 0.1) is 11.8 Å². The molecule has 4 bridgehead atoms. The summed E-state index contributed by atoms with van der Waals surface area (Å²) in [5, 5.41) is 0.630. The summed E-state index contributed by atoms with van der Waals surface area (Å²) in [4.78, 5) is 33.6. The molecule has 0 radical (unpaired) electrons. The van der Waals surface area contributed by atoms with Crippen LogP contribution in [0.15, 0.2) is 29.1 Å². The second-order valence-corrected chi connectivity index (χ2v) is 11.0. The number of carbonyl (C=O) groups is 1. The zero-order valence-corrected chi connectivity index (χ0v) is 19.2. The first-order chi connectivity index (χ1) is 15.6. The van der Waals surface area contributed by atoms with Gasteiger partial charge in [0.1, 0.15) is 0 Å². The minimum Gasteiger partial charge on any atom is -0.294 e. The minimum absolute atomic E-state index is 0.0375. The first-order valence-electron chi connectivity index (χ1n) is 12.9. The number of aromatic nitrogens is 2. The summed E-state index contributed by atoms with van der Waals surface area (Å²) in [5.41, 5.74) is 0.592. The van der Waals surface area contributed by atoms with Crippen LogP contribution >= 0.6 is 0 Å². The molecule has 170 valence electrons. The summed E-state index contributed by atoms with van der Waals surface area (Å²) in [6.45, 7) is 1.55. The van der Waals surface area contributed by atoms with Crippen molar-refractivity contribution < 1.29 is 4.79 Å². The molecule has 6 rings (SSSR count). The fourth-order valence-electron chi connectivity index (χ4n) is 7.87. The maximum Gasteiger partial charge on any atom is 0.261 e. The van der Waals surface area contributed by atoms with Gasteiger partial charge in [-0.25, -0.2) is 4.98 Å². The Kier molecular flexibility index (Phi) is 5.20. The van der Waals surface area contributed by atoms with E-state index in [4.69, 9.17) is 0 Å². The van der Waals surface area contributed by atoms with E-state index >= 15 is 0 Å². The van der Waals surface area contributed by atoms with E-state index < -0.39 is 0 Å². The van der Waals surface area contributed by atoms with Gasteiger partial charge in [-0.15, -0.1) is 0 Å². The predicted octanol–water partition coefficient (Wildman–Crippen LogP) is 5.13. The van der Waals surface area contributed by atoms with Crippen molar-refractivity contribution in [2.45, 2.75) is 102 Å². The largest absolute Gasteiger partial charge is 0.294 e. The van der Waals surface area contributed by atoms with Gasteiger partial charge in [-0.1, -0.05) is 37.8 Å². The lowest BCUT2D eigenvalue weighted by Gasteiger charge is -2.55. The van der Waals surface area contributed by atoms with Crippen LogP contribution in [0.1, 0.15) is 94.2 Å². The van der Waals surface area contributed by atoms with Crippen molar-refractivity contribution in [2.75, 3.05) is 0 Å². The molecule has 5 nitrogen and oxygen atoms in total. The van der Waals surface area contributed by atoms with Gasteiger partial charge in [0, 0.05) is 31.1 Å². The molecule has 1 aromatic heterocycles. The molecule has 4 aliphatic rings. The number of carbonyl (C=O) groups excluding carboxylic acids is 1. The average Bonchev–Trinajstić information content (AvgIpc) is 2.78. The van der Waals surface area contributed by atoms with Gasteiger partial charge >= 0.3 is 0 Å². The highest BCUT2D eigenvalue weighted by molar-refractivity contribution is 5.92. The van der Waals surface area contributed by atoms with Crippen molar-refractivity contribution in [3.8, 4) is 0 Å². The van der Waals surface area contributed by atoms with Crippen LogP contribution in [0.4, 0.5) is 0 Å². The summed E-state index contributed by atoms with van der Waals surface area (Å²) in [6, 6.07) is 9.34. The molecule has 32 heavy (non-hydrogen) atoms. The summed E-state index contributed by atoms with van der Waals surface area (Å²) < 4.78 is 1.78. The topological polar surface area (TPSA) is 55.2 Å². The molecule has 2 aliphatic carbocycles. The lowest BCUT2D eigenvalue weighted by atomic mass is 9.68. The molecule has 5 heteroatoms. The molecule has 0 N–H and O–H groups in total. The molecule has 2 saturated heterocycles. The van der Waals surface area contributed by atoms with Crippen molar-refractivity contribution in [1.82, 2.24) is 14.5 Å². The molecule has 0 amide bonds. The highest BCUT2D eigenvalue weighted by Crippen LogP contribution is 2.47. The third kappa shape index (κ3) is 3.44. The zero-order valence-electron chi connectivity index (χ0n) is 19.2. The van der Waals surface area contributed by atoms with Gasteiger partial charge < -0.3 is 0 Å². The van der Waals surface area contributed by atoms with Gasteiger partial charge in [-0.05, 0) is 68.9 Å². The average molecular weight is 434 g/mol. The molecule has 4 unspecified atom stereocenters. The summed E-state index contributed by atoms with van der Waals surface area (Å²) in [6.07, 6.45) is 14.2. The number of ketones is 1. The SMILES string of the molecule is CC(=O)c1nc2ccccc2c(=O)n1C1CC2CCCC(C1)N2C1CC2CCCC(C2)C1. The standard InChI is InChI=1S/C27H35N3O2/c1-17(31)26-28-25-11-3-2-10-24(25)27(32)30(26)23-15-20-8-5-9-21(16-23)29(20)22-13-18-6-4-7-19(12-18)14-22/h2-3,10-11,18-23H,4-9,12-16H2,1H3. The Labute approximate surface area is 190 Å². The molecule has 2 saturated carbocycles. The smallest absolute Gasteiger partial charge is 0.261 e. The molecular weight excluding hydrogens is 398 g/mol. The molecule has 1 aromatic carbocycles. The van der Waals surface area contributed by atoms with E-state index in [-0.39, 0.29) is 17.4 Å². The Balaban J connectivity index is 1.34. The van der Waals surface area contributed by atoms with E-state index in [1.165, 1.54) is 57.8 Å². The van der Waals surface area contributed by atoms with Gasteiger partial charge in [-0.2, -0.15) is 0 Å². The summed E-state index contributed by atoms with van der Waals surface area (Å²) in [5.74, 6) is 2.10. The molecule has 4 fully saturated rings. The molecule has 4 atom stereocenters. The van der Waals surface area contributed by atoms with E-state index in [1.54, 1.807) is 11.5 Å². The Morgan fingerprint density at radius 2 is 1.50 bits per heavy atom. The third-order valence-corrected chi connectivity index (χ3v) is 9.02. The number of fused-ring (bicyclic) bond motifs is 5. The first-order valence-corrected chi connectivity index (χ1v) is 12.9. The fourth-order valence-corrected chi connectivity index (χ4v) is 7.87. The second kappa shape index (κ2) is 8.09. The van der Waals surface area contributed by atoms with Crippen LogP contribution in [0.5, 0.6) is 0 Å². The highest BCUT2D eigenvalue weighted by Gasteiger charge is 2.45. The van der Waals surface area contributed by atoms with E-state index in [0.29, 0.717) is 28.8 Å². The Bertz CT molecular complexity index is 1070. The highest BCUT2D eigenvalue weighted by atomic mass is 16.1. The minimum atomic E-state index is -0.111. The van der Waals surface area contributed by atoms with Gasteiger partial charge in [0.2, 0.25) is 0 Å². The Hall–Kier alpha value is -2.01. The molecule has 2 aliphatic heterocycles. The van der Waals surface area contributed by atoms with Gasteiger partial charge in [0.25, 0.3) is 5.56 Å². The summed E-state index contributed by atoms with van der Waals surface area (Å²) >= 11 is 0. The van der Waals surface area contributed by atoms with Crippen molar-refractivity contribution in [2.24, 2.45) is 11.8 Å². The second-order valence-electron chi connectivity index (χ2n) is 11.0. The number of Topliss-reactive ketones (excluding diaryl/α,β-unsaturated/α-hetero) is 1. The summed E-state index contributed by atoms with van der Waals surface area (Å²) in [7, 11) is 0. The van der Waals surface area contributed by atoms with Crippen LogP contribution < -0.4 is 5.56 Å². The number of piperidine rings is 2. The van der Waals surface area contributed by atoms with E-state index in [1.807, 2.05) is 24.3 Å². The van der Waals surface area contributed by atoms with E-state index in [2.05, 4.69) is 9.88 Å². The van der Waals surface area contributed by atoms with E-state index in [0.717, 1.165) is 30.7 Å².